The first-order valence-electron chi connectivity index (χ1n) is 9.72. The Labute approximate surface area is 169 Å². The van der Waals surface area contributed by atoms with Crippen LogP contribution in [0, 0.1) is 17.6 Å². The lowest BCUT2D eigenvalue weighted by atomic mass is 10.0. The van der Waals surface area contributed by atoms with Crippen molar-refractivity contribution in [1.82, 2.24) is 14.5 Å². The number of nitrogens with one attached hydrogen (secondary N) is 1. The van der Waals surface area contributed by atoms with Gasteiger partial charge in [0.05, 0.1) is 5.92 Å². The van der Waals surface area contributed by atoms with Crippen LogP contribution in [0.5, 0.6) is 0 Å². The van der Waals surface area contributed by atoms with Crippen molar-refractivity contribution in [1.29, 1.82) is 0 Å². The lowest BCUT2D eigenvalue weighted by molar-refractivity contribution is -0.134. The molecular formula is C19H25F2N3O4S. The van der Waals surface area contributed by atoms with Crippen molar-refractivity contribution in [3.05, 3.63) is 29.8 Å². The monoisotopic (exact) mass is 429 g/mol. The highest BCUT2D eigenvalue weighted by Gasteiger charge is 2.38. The van der Waals surface area contributed by atoms with E-state index >= 15 is 0 Å². The predicted molar refractivity (Wildman–Crippen MR) is 101 cm³/mol. The maximum absolute atomic E-state index is 14.1. The van der Waals surface area contributed by atoms with E-state index in [1.807, 2.05) is 0 Å². The van der Waals surface area contributed by atoms with Crippen molar-refractivity contribution in [3.8, 4) is 0 Å². The van der Waals surface area contributed by atoms with Gasteiger partial charge >= 0.3 is 0 Å². The second-order valence-electron chi connectivity index (χ2n) is 7.44. The summed E-state index contributed by atoms with van der Waals surface area (Å²) < 4.78 is 54.2. The van der Waals surface area contributed by atoms with Crippen LogP contribution in [0.3, 0.4) is 0 Å². The second-order valence-corrected chi connectivity index (χ2v) is 9.35. The molecule has 0 spiro atoms. The van der Waals surface area contributed by atoms with Crippen LogP contribution in [0.25, 0.3) is 0 Å². The minimum absolute atomic E-state index is 0.0393. The topological polar surface area (TPSA) is 86.8 Å². The van der Waals surface area contributed by atoms with Gasteiger partial charge in [0, 0.05) is 45.2 Å². The number of benzene rings is 1. The van der Waals surface area contributed by atoms with E-state index in [2.05, 4.69) is 5.32 Å². The molecule has 1 aromatic rings. The van der Waals surface area contributed by atoms with E-state index in [1.54, 1.807) is 4.90 Å². The lowest BCUT2D eigenvalue weighted by Crippen LogP contribution is -2.46. The molecule has 1 saturated carbocycles. The number of sulfonamides is 1. The second kappa shape index (κ2) is 8.74. The number of hydrogen-bond acceptors (Lipinski definition) is 4. The van der Waals surface area contributed by atoms with Gasteiger partial charge in [-0.2, -0.15) is 4.31 Å². The first-order chi connectivity index (χ1) is 13.7. The van der Waals surface area contributed by atoms with Crippen molar-refractivity contribution in [2.75, 3.05) is 26.2 Å². The third-order valence-corrected chi connectivity index (χ3v) is 7.53. The summed E-state index contributed by atoms with van der Waals surface area (Å²) in [6, 6.07) is 2.13. The standard InChI is InChI=1S/C19H25F2N3O4S/c1-13(25)24-10-3-9-23(11-8-22-19(26)15-4-2-5-17(15)24)29(27,28)18-7-6-14(20)12-16(18)21/h6-7,12,15,17H,2-5,8-11H2,1H3,(H,22,26)/t15-,17+/m1/s1. The van der Waals surface area contributed by atoms with Crippen LogP contribution in [0.4, 0.5) is 8.78 Å². The van der Waals surface area contributed by atoms with E-state index in [4.69, 9.17) is 0 Å². The molecule has 3 rings (SSSR count). The molecule has 1 heterocycles. The number of carbonyl (C=O) groups is 2. The van der Waals surface area contributed by atoms with Gasteiger partial charge in [-0.15, -0.1) is 0 Å². The van der Waals surface area contributed by atoms with E-state index in [1.165, 1.54) is 6.92 Å². The summed E-state index contributed by atoms with van der Waals surface area (Å²) in [5.74, 6) is -2.70. The van der Waals surface area contributed by atoms with Crippen molar-refractivity contribution in [2.45, 2.75) is 43.5 Å². The van der Waals surface area contributed by atoms with Gasteiger partial charge in [0.15, 0.2) is 0 Å². The smallest absolute Gasteiger partial charge is 0.246 e. The molecule has 2 aliphatic rings. The average Bonchev–Trinajstić information content (AvgIpc) is 3.10. The summed E-state index contributed by atoms with van der Waals surface area (Å²) in [5, 5.41) is 2.75. The average molecular weight is 429 g/mol. The highest BCUT2D eigenvalue weighted by Crippen LogP contribution is 2.31. The Balaban J connectivity index is 1.85. The number of halogens is 2. The fourth-order valence-corrected chi connectivity index (χ4v) is 5.73. The number of fused-ring (bicyclic) bond motifs is 1. The highest BCUT2D eigenvalue weighted by molar-refractivity contribution is 7.89. The molecule has 160 valence electrons. The molecule has 1 aromatic carbocycles. The molecule has 0 radical (unpaired) electrons. The SMILES string of the molecule is CC(=O)N1CCCN(S(=O)(=O)c2ccc(F)cc2F)CCNC(=O)[C@@H]2CCC[C@@H]21. The van der Waals surface area contributed by atoms with Crippen molar-refractivity contribution < 1.29 is 26.8 Å². The first-order valence-corrected chi connectivity index (χ1v) is 11.2. The van der Waals surface area contributed by atoms with Crippen LogP contribution in [0.1, 0.15) is 32.6 Å². The fraction of sp³-hybridized carbons (Fsp3) is 0.579. The van der Waals surface area contributed by atoms with Gasteiger partial charge in [-0.1, -0.05) is 6.42 Å². The van der Waals surface area contributed by atoms with Gasteiger partial charge in [0.1, 0.15) is 16.5 Å². The van der Waals surface area contributed by atoms with Gasteiger partial charge in [-0.3, -0.25) is 9.59 Å². The third-order valence-electron chi connectivity index (χ3n) is 5.60. The molecule has 1 N–H and O–H groups in total. The summed E-state index contributed by atoms with van der Waals surface area (Å²) in [6.07, 6.45) is 2.62. The van der Waals surface area contributed by atoms with Crippen LogP contribution < -0.4 is 5.32 Å². The molecule has 2 atom stereocenters. The van der Waals surface area contributed by atoms with Gasteiger partial charge < -0.3 is 10.2 Å². The summed E-state index contributed by atoms with van der Waals surface area (Å²) in [4.78, 5) is 25.8. The molecule has 10 heteroatoms. The minimum atomic E-state index is -4.23. The Morgan fingerprint density at radius 2 is 1.90 bits per heavy atom. The Morgan fingerprint density at radius 3 is 2.59 bits per heavy atom. The maximum atomic E-state index is 14.1. The Morgan fingerprint density at radius 1 is 1.14 bits per heavy atom. The first kappa shape index (κ1) is 21.6. The number of hydrogen-bond donors (Lipinski definition) is 1. The van der Waals surface area contributed by atoms with Gasteiger partial charge in [-0.25, -0.2) is 17.2 Å². The van der Waals surface area contributed by atoms with Crippen LogP contribution >= 0.6 is 0 Å². The number of nitrogens with zero attached hydrogens (tertiary/aromatic N) is 2. The summed E-state index contributed by atoms with van der Waals surface area (Å²) in [5.41, 5.74) is 0. The zero-order chi connectivity index (χ0) is 21.2. The Bertz CT molecular complexity index is 893. The van der Waals surface area contributed by atoms with Crippen molar-refractivity contribution >= 4 is 21.8 Å². The van der Waals surface area contributed by atoms with Crippen LogP contribution in [-0.2, 0) is 19.6 Å². The quantitative estimate of drug-likeness (QED) is 0.772. The van der Waals surface area contributed by atoms with E-state index < -0.39 is 26.6 Å². The molecule has 0 unspecified atom stereocenters. The zero-order valence-electron chi connectivity index (χ0n) is 16.2. The summed E-state index contributed by atoms with van der Waals surface area (Å²) >= 11 is 0. The zero-order valence-corrected chi connectivity index (χ0v) is 17.1. The molecule has 0 aromatic heterocycles. The molecule has 1 aliphatic carbocycles. The van der Waals surface area contributed by atoms with Crippen molar-refractivity contribution in [2.24, 2.45) is 5.92 Å². The van der Waals surface area contributed by atoms with E-state index in [9.17, 15) is 26.8 Å². The maximum Gasteiger partial charge on any atom is 0.246 e. The van der Waals surface area contributed by atoms with E-state index in [0.717, 1.165) is 29.3 Å². The summed E-state index contributed by atoms with van der Waals surface area (Å²) in [6.45, 7) is 1.83. The largest absolute Gasteiger partial charge is 0.354 e. The molecule has 2 amide bonds. The molecule has 7 nitrogen and oxygen atoms in total. The Hall–Kier alpha value is -2.07. The van der Waals surface area contributed by atoms with Crippen LogP contribution in [0.2, 0.25) is 0 Å². The number of rotatable bonds is 2. The van der Waals surface area contributed by atoms with Gasteiger partial charge in [0.2, 0.25) is 21.8 Å². The normalized spacial score (nSPS) is 24.5. The van der Waals surface area contributed by atoms with Gasteiger partial charge in [0.25, 0.3) is 0 Å². The van der Waals surface area contributed by atoms with Crippen LogP contribution in [0.15, 0.2) is 23.1 Å². The fourth-order valence-electron chi connectivity index (χ4n) is 4.20. The molecule has 0 bridgehead atoms. The van der Waals surface area contributed by atoms with E-state index in [-0.39, 0.29) is 43.4 Å². The minimum Gasteiger partial charge on any atom is -0.354 e. The molecule has 1 aliphatic heterocycles. The lowest BCUT2D eigenvalue weighted by Gasteiger charge is -2.31. The van der Waals surface area contributed by atoms with Crippen LogP contribution in [-0.4, -0.2) is 61.7 Å². The Kier molecular flexibility index (Phi) is 6.52. The van der Waals surface area contributed by atoms with Crippen molar-refractivity contribution in [3.63, 3.8) is 0 Å². The number of carbonyl (C=O) groups excluding carboxylic acids is 2. The van der Waals surface area contributed by atoms with E-state index in [0.29, 0.717) is 25.5 Å². The molecule has 1 saturated heterocycles. The molecule has 2 fully saturated rings. The molecule has 29 heavy (non-hydrogen) atoms. The highest BCUT2D eigenvalue weighted by atomic mass is 32.2. The summed E-state index contributed by atoms with van der Waals surface area (Å²) in [7, 11) is -4.23. The predicted octanol–water partition coefficient (Wildman–Crippen LogP) is 1.49. The third kappa shape index (κ3) is 4.58. The van der Waals surface area contributed by atoms with Gasteiger partial charge in [-0.05, 0) is 31.4 Å². The molecular weight excluding hydrogens is 404 g/mol. The number of amides is 2.